The molecule has 2 aromatic rings. The van der Waals surface area contributed by atoms with Crippen molar-refractivity contribution < 1.29 is 33.0 Å². The van der Waals surface area contributed by atoms with Crippen LogP contribution in [0.15, 0.2) is 17.1 Å². The Morgan fingerprint density at radius 3 is 2.68 bits per heavy atom. The number of ether oxygens (including phenoxy) is 3. The molecule has 0 atom stereocenters. The van der Waals surface area contributed by atoms with Gasteiger partial charge < -0.3 is 18.6 Å². The van der Waals surface area contributed by atoms with Gasteiger partial charge >= 0.3 is 17.9 Å². The molecule has 0 amide bonds. The minimum atomic E-state index is -0.773. The predicted molar refractivity (Wildman–Crippen MR) is 59.5 cm³/mol. The molecule has 0 N–H and O–H groups in total. The van der Waals surface area contributed by atoms with E-state index in [0.29, 0.717) is 0 Å². The molecule has 1 aliphatic rings. The largest absolute Gasteiger partial charge is 0.465 e. The molecular formula is C12H6O7. The molecule has 2 bridgehead atoms. The van der Waals surface area contributed by atoms with Crippen LogP contribution in [-0.2, 0) is 9.53 Å². The van der Waals surface area contributed by atoms with Crippen molar-refractivity contribution in [1.82, 2.24) is 0 Å². The molecular weight excluding hydrogens is 256 g/mol. The van der Waals surface area contributed by atoms with Gasteiger partial charge in [0.15, 0.2) is 11.2 Å². The first-order valence-electron chi connectivity index (χ1n) is 5.15. The zero-order valence-corrected chi connectivity index (χ0v) is 9.64. The molecule has 0 fully saturated rings. The maximum Gasteiger partial charge on any atom is 0.348 e. The van der Waals surface area contributed by atoms with Crippen LogP contribution < -0.4 is 9.47 Å². The molecule has 0 radical (unpaired) electrons. The maximum absolute atomic E-state index is 11.7. The fourth-order valence-electron chi connectivity index (χ4n) is 1.92. The number of fused-ring (bicyclic) bond motifs is 1. The van der Waals surface area contributed by atoms with Crippen LogP contribution in [0.4, 0.5) is 0 Å². The van der Waals surface area contributed by atoms with Crippen LogP contribution in [0.1, 0.15) is 20.7 Å². The quantitative estimate of drug-likeness (QED) is 0.467. The molecule has 96 valence electrons. The molecule has 3 heterocycles. The van der Waals surface area contributed by atoms with Crippen LogP contribution in [-0.4, -0.2) is 25.0 Å². The number of carbonyl (C=O) groups excluding carboxylic acids is 3. The zero-order chi connectivity index (χ0) is 13.7. The Kier molecular flexibility index (Phi) is 2.12. The smallest absolute Gasteiger partial charge is 0.348 e. The molecule has 0 aliphatic carbocycles. The number of furan rings is 2. The fourth-order valence-corrected chi connectivity index (χ4v) is 1.92. The molecule has 0 spiro atoms. The van der Waals surface area contributed by atoms with E-state index in [2.05, 4.69) is 11.3 Å². The van der Waals surface area contributed by atoms with Crippen molar-refractivity contribution >= 4 is 29.1 Å². The van der Waals surface area contributed by atoms with Gasteiger partial charge in [-0.1, -0.05) is 6.58 Å². The van der Waals surface area contributed by atoms with Crippen LogP contribution in [0.3, 0.4) is 0 Å². The van der Waals surface area contributed by atoms with Gasteiger partial charge in [-0.3, -0.25) is 0 Å². The molecule has 7 heteroatoms. The third-order valence-electron chi connectivity index (χ3n) is 2.68. The fraction of sp³-hybridized carbons (Fsp3) is 0.0833. The van der Waals surface area contributed by atoms with Gasteiger partial charge in [-0.15, -0.1) is 0 Å². The number of carbonyl (C=O) groups is 3. The van der Waals surface area contributed by atoms with Crippen molar-refractivity contribution in [3.05, 3.63) is 23.8 Å². The van der Waals surface area contributed by atoms with Gasteiger partial charge in [0.1, 0.15) is 11.1 Å². The van der Waals surface area contributed by atoms with E-state index in [-0.39, 0.29) is 33.8 Å². The summed E-state index contributed by atoms with van der Waals surface area (Å²) < 4.78 is 19.6. The highest BCUT2D eigenvalue weighted by Gasteiger charge is 2.43. The number of hydrogen-bond donors (Lipinski definition) is 0. The highest BCUT2D eigenvalue weighted by molar-refractivity contribution is 6.20. The number of benzene rings is 1. The Morgan fingerprint density at radius 2 is 2.05 bits per heavy atom. The van der Waals surface area contributed by atoms with Crippen LogP contribution >= 0.6 is 0 Å². The SMILES string of the molecule is C=CC(=O)Oc1c2c3oc1c(C(=O)OC)c3C(=O)O2. The summed E-state index contributed by atoms with van der Waals surface area (Å²) >= 11 is 0. The van der Waals surface area contributed by atoms with Crippen molar-refractivity contribution in [3.63, 3.8) is 0 Å². The minimum Gasteiger partial charge on any atom is -0.465 e. The van der Waals surface area contributed by atoms with E-state index in [1.807, 2.05) is 0 Å². The van der Waals surface area contributed by atoms with E-state index >= 15 is 0 Å². The summed E-state index contributed by atoms with van der Waals surface area (Å²) in [4.78, 5) is 34.5. The molecule has 19 heavy (non-hydrogen) atoms. The van der Waals surface area contributed by atoms with E-state index in [4.69, 9.17) is 13.9 Å². The first kappa shape index (κ1) is 11.3. The third-order valence-corrected chi connectivity index (χ3v) is 2.68. The summed E-state index contributed by atoms with van der Waals surface area (Å²) in [6.45, 7) is 3.25. The van der Waals surface area contributed by atoms with Crippen LogP contribution in [0.2, 0.25) is 0 Å². The summed E-state index contributed by atoms with van der Waals surface area (Å²) in [5.74, 6) is -2.40. The lowest BCUT2D eigenvalue weighted by molar-refractivity contribution is -0.129. The minimum absolute atomic E-state index is 0.00199. The Hall–Kier alpha value is -2.83. The number of methoxy groups -OCH3 is 1. The number of hydrogen-bond acceptors (Lipinski definition) is 7. The molecule has 0 unspecified atom stereocenters. The van der Waals surface area contributed by atoms with Crippen molar-refractivity contribution in [2.24, 2.45) is 0 Å². The summed E-state index contributed by atoms with van der Waals surface area (Å²) in [6, 6.07) is 0. The third kappa shape index (κ3) is 1.29. The number of esters is 3. The molecule has 0 saturated carbocycles. The van der Waals surface area contributed by atoms with Crippen LogP contribution in [0.5, 0.6) is 11.5 Å². The van der Waals surface area contributed by atoms with Gasteiger partial charge in [0, 0.05) is 6.08 Å². The standard InChI is InChI=1S/C12H6O7/c1-3-4(13)17-9-7-5(11(14)16-2)6-8(18-7)10(9)19-12(6)15/h3H,1H2,2H3. The van der Waals surface area contributed by atoms with Crippen molar-refractivity contribution in [3.8, 4) is 11.5 Å². The number of rotatable bonds is 3. The lowest BCUT2D eigenvalue weighted by atomic mass is 10.1. The second-order valence-electron chi connectivity index (χ2n) is 3.67. The van der Waals surface area contributed by atoms with E-state index in [1.165, 1.54) is 0 Å². The highest BCUT2D eigenvalue weighted by atomic mass is 16.6. The molecule has 7 nitrogen and oxygen atoms in total. The van der Waals surface area contributed by atoms with Crippen molar-refractivity contribution in [2.75, 3.05) is 7.11 Å². The van der Waals surface area contributed by atoms with Gasteiger partial charge in [0.2, 0.25) is 11.5 Å². The van der Waals surface area contributed by atoms with Crippen molar-refractivity contribution in [1.29, 1.82) is 0 Å². The summed E-state index contributed by atoms with van der Waals surface area (Å²) in [6.07, 6.45) is 0.935. The van der Waals surface area contributed by atoms with E-state index in [0.717, 1.165) is 13.2 Å². The van der Waals surface area contributed by atoms with Crippen LogP contribution in [0, 0.1) is 0 Å². The van der Waals surface area contributed by atoms with E-state index in [9.17, 15) is 14.4 Å². The highest BCUT2D eigenvalue weighted by Crippen LogP contribution is 2.52. The first-order valence-corrected chi connectivity index (χ1v) is 5.15. The second kappa shape index (κ2) is 3.58. The van der Waals surface area contributed by atoms with Gasteiger partial charge in [-0.25, -0.2) is 14.4 Å². The van der Waals surface area contributed by atoms with Crippen LogP contribution in [0.25, 0.3) is 11.2 Å². The lowest BCUT2D eigenvalue weighted by Gasteiger charge is -2.01. The summed E-state index contributed by atoms with van der Waals surface area (Å²) in [7, 11) is 1.16. The first-order chi connectivity index (χ1) is 9.08. The van der Waals surface area contributed by atoms with Crippen molar-refractivity contribution in [2.45, 2.75) is 0 Å². The average Bonchev–Trinajstić information content (AvgIpc) is 3.00. The summed E-state index contributed by atoms with van der Waals surface area (Å²) in [5, 5.41) is 0. The Balaban J connectivity index is 2.22. The second-order valence-corrected chi connectivity index (χ2v) is 3.67. The molecule has 0 saturated heterocycles. The zero-order valence-electron chi connectivity index (χ0n) is 9.64. The summed E-state index contributed by atoms with van der Waals surface area (Å²) in [5.41, 5.74) is -0.0778. The normalized spacial score (nSPS) is 12.6. The van der Waals surface area contributed by atoms with E-state index < -0.39 is 17.9 Å². The lowest BCUT2D eigenvalue weighted by Crippen LogP contribution is -2.08. The predicted octanol–water partition coefficient (Wildman–Crippen LogP) is 1.28. The van der Waals surface area contributed by atoms with Gasteiger partial charge in [-0.2, -0.15) is 0 Å². The van der Waals surface area contributed by atoms with Gasteiger partial charge in [-0.05, 0) is 0 Å². The average molecular weight is 262 g/mol. The molecule has 0 aromatic carbocycles. The molecule has 2 aromatic heterocycles. The van der Waals surface area contributed by atoms with Gasteiger partial charge in [0.25, 0.3) is 0 Å². The Morgan fingerprint density at radius 1 is 1.32 bits per heavy atom. The maximum atomic E-state index is 11.7. The van der Waals surface area contributed by atoms with Gasteiger partial charge in [0.05, 0.1) is 7.11 Å². The Bertz CT molecular complexity index is 737. The Labute approximate surface area is 105 Å². The topological polar surface area (TPSA) is 92.0 Å². The molecule has 3 rings (SSSR count). The molecule has 1 aliphatic heterocycles. The monoisotopic (exact) mass is 262 g/mol. The van der Waals surface area contributed by atoms with E-state index in [1.54, 1.807) is 0 Å².